The highest BCUT2D eigenvalue weighted by atomic mass is 16.5. The molecule has 78 valence electrons. The first-order valence-corrected chi connectivity index (χ1v) is 4.13. The van der Waals surface area contributed by atoms with E-state index in [2.05, 4.69) is 15.2 Å². The van der Waals surface area contributed by atoms with Crippen molar-refractivity contribution < 1.29 is 14.1 Å². The Bertz CT molecular complexity index is 354. The maximum absolute atomic E-state index is 10.8. The smallest absolute Gasteiger partial charge is 0.407 e. The lowest BCUT2D eigenvalue weighted by Crippen LogP contribution is -2.33. The van der Waals surface area contributed by atoms with Crippen LogP contribution in [0.15, 0.2) is 15.4 Å². The van der Waals surface area contributed by atoms with Crippen molar-refractivity contribution in [1.29, 1.82) is 0 Å². The minimum Gasteiger partial charge on any atom is -0.453 e. The number of aromatic amines is 1. The fraction of sp³-hybridized carbons (Fsp3) is 0.500. The molecule has 0 saturated heterocycles. The van der Waals surface area contributed by atoms with Gasteiger partial charge in [0.15, 0.2) is 0 Å². The molecule has 1 unspecified atom stereocenters. The van der Waals surface area contributed by atoms with E-state index < -0.39 is 6.09 Å². The molecule has 6 nitrogen and oxygen atoms in total. The minimum atomic E-state index is -0.504. The number of hydrogen-bond acceptors (Lipinski definition) is 4. The molecule has 0 bridgehead atoms. The van der Waals surface area contributed by atoms with Crippen LogP contribution in [0.2, 0.25) is 0 Å². The zero-order chi connectivity index (χ0) is 10.6. The number of amides is 1. The molecule has 0 aliphatic carbocycles. The van der Waals surface area contributed by atoms with Gasteiger partial charge in [-0.15, -0.1) is 0 Å². The third-order valence-corrected chi connectivity index (χ3v) is 1.63. The molecule has 1 aromatic rings. The van der Waals surface area contributed by atoms with Crippen LogP contribution in [0, 0.1) is 0 Å². The fourth-order valence-corrected chi connectivity index (χ4v) is 1.03. The molecule has 0 aliphatic rings. The van der Waals surface area contributed by atoms with Crippen molar-refractivity contribution in [2.45, 2.75) is 19.4 Å². The Labute approximate surface area is 80.2 Å². The highest BCUT2D eigenvalue weighted by Crippen LogP contribution is 1.98. The van der Waals surface area contributed by atoms with E-state index in [0.29, 0.717) is 12.2 Å². The van der Waals surface area contributed by atoms with Crippen molar-refractivity contribution in [3.05, 3.63) is 22.2 Å². The molecule has 2 N–H and O–H groups in total. The van der Waals surface area contributed by atoms with Crippen LogP contribution in [0.3, 0.4) is 0 Å². The van der Waals surface area contributed by atoms with Crippen LogP contribution in [-0.4, -0.2) is 24.4 Å². The highest BCUT2D eigenvalue weighted by Gasteiger charge is 2.10. The molecule has 0 fully saturated rings. The van der Waals surface area contributed by atoms with Gasteiger partial charge in [0.2, 0.25) is 0 Å². The molecule has 14 heavy (non-hydrogen) atoms. The normalized spacial score (nSPS) is 12.1. The zero-order valence-corrected chi connectivity index (χ0v) is 7.99. The Hall–Kier alpha value is -1.72. The minimum absolute atomic E-state index is 0.151. The van der Waals surface area contributed by atoms with Gasteiger partial charge in [-0.05, 0) is 6.92 Å². The molecule has 1 atom stereocenters. The van der Waals surface area contributed by atoms with Crippen molar-refractivity contribution in [1.82, 2.24) is 10.5 Å². The summed E-state index contributed by atoms with van der Waals surface area (Å²) in [5.74, 6) is 0.499. The molecule has 1 aromatic heterocycles. The molecule has 0 spiro atoms. The number of ether oxygens (including phenoxy) is 1. The molecular weight excluding hydrogens is 188 g/mol. The van der Waals surface area contributed by atoms with Gasteiger partial charge in [-0.2, -0.15) is 5.16 Å². The van der Waals surface area contributed by atoms with Gasteiger partial charge in [-0.3, -0.25) is 4.79 Å². The van der Waals surface area contributed by atoms with Gasteiger partial charge in [-0.1, -0.05) is 0 Å². The van der Waals surface area contributed by atoms with Gasteiger partial charge in [0.25, 0.3) is 5.56 Å². The molecule has 6 heteroatoms. The summed E-state index contributed by atoms with van der Waals surface area (Å²) in [5, 5.41) is 4.72. The molecule has 0 aliphatic heterocycles. The number of carbonyl (C=O) groups excluding carboxylic acids is 1. The number of methoxy groups -OCH3 is 1. The summed E-state index contributed by atoms with van der Waals surface area (Å²) in [4.78, 5) is 21.5. The van der Waals surface area contributed by atoms with Gasteiger partial charge in [0, 0.05) is 18.5 Å². The first-order chi connectivity index (χ1) is 6.61. The zero-order valence-electron chi connectivity index (χ0n) is 7.99. The van der Waals surface area contributed by atoms with E-state index in [-0.39, 0.29) is 11.6 Å². The number of rotatable bonds is 3. The summed E-state index contributed by atoms with van der Waals surface area (Å²) in [7, 11) is 1.29. The van der Waals surface area contributed by atoms with Crippen LogP contribution in [0.5, 0.6) is 0 Å². The molecule has 1 heterocycles. The molecular formula is C8H12N2O4. The average Bonchev–Trinajstić information content (AvgIpc) is 2.50. The summed E-state index contributed by atoms with van der Waals surface area (Å²) >= 11 is 0. The molecule has 0 aromatic carbocycles. The first-order valence-electron chi connectivity index (χ1n) is 4.13. The largest absolute Gasteiger partial charge is 0.453 e. The predicted octanol–water partition coefficient (Wildman–Crippen LogP) is 0.255. The summed E-state index contributed by atoms with van der Waals surface area (Å²) in [6.45, 7) is 1.78. The standard InChI is InChI=1S/C8H12N2O4/c1-5(9-8(12)13-2)3-6-4-7(11)10-14-6/h4-5H,3H2,1-2H3,(H,9,12)(H,10,11). The van der Waals surface area contributed by atoms with Crippen LogP contribution < -0.4 is 10.9 Å². The Morgan fingerprint density at radius 3 is 3.00 bits per heavy atom. The van der Waals surface area contributed by atoms with E-state index >= 15 is 0 Å². The van der Waals surface area contributed by atoms with Gasteiger partial charge in [-0.25, -0.2) is 4.79 Å². The van der Waals surface area contributed by atoms with Gasteiger partial charge in [0.1, 0.15) is 5.76 Å². The quantitative estimate of drug-likeness (QED) is 0.732. The topological polar surface area (TPSA) is 84.3 Å². The number of nitrogens with one attached hydrogen (secondary N) is 2. The van der Waals surface area contributed by atoms with Crippen molar-refractivity contribution in [2.75, 3.05) is 7.11 Å². The third kappa shape index (κ3) is 2.96. The number of hydrogen-bond donors (Lipinski definition) is 2. The average molecular weight is 200 g/mol. The number of H-pyrrole nitrogens is 1. The summed E-state index contributed by atoms with van der Waals surface area (Å²) in [6, 6.07) is 1.19. The maximum atomic E-state index is 10.8. The highest BCUT2D eigenvalue weighted by molar-refractivity contribution is 5.67. The van der Waals surface area contributed by atoms with Crippen LogP contribution in [-0.2, 0) is 11.2 Å². The lowest BCUT2D eigenvalue weighted by Gasteiger charge is -2.10. The van der Waals surface area contributed by atoms with E-state index in [1.54, 1.807) is 6.92 Å². The monoisotopic (exact) mass is 200 g/mol. The summed E-state index contributed by atoms with van der Waals surface area (Å²) in [5.41, 5.74) is -0.287. The Morgan fingerprint density at radius 2 is 2.50 bits per heavy atom. The van der Waals surface area contributed by atoms with E-state index in [9.17, 15) is 9.59 Å². The van der Waals surface area contributed by atoms with Gasteiger partial charge < -0.3 is 14.6 Å². The second-order valence-corrected chi connectivity index (χ2v) is 2.92. The predicted molar refractivity (Wildman–Crippen MR) is 48.0 cm³/mol. The summed E-state index contributed by atoms with van der Waals surface area (Å²) in [6.07, 6.45) is -0.0659. The third-order valence-electron chi connectivity index (χ3n) is 1.63. The van der Waals surface area contributed by atoms with Crippen molar-refractivity contribution in [3.63, 3.8) is 0 Å². The van der Waals surface area contributed by atoms with Gasteiger partial charge in [0.05, 0.1) is 7.11 Å². The van der Waals surface area contributed by atoms with Crippen molar-refractivity contribution in [2.24, 2.45) is 0 Å². The number of aromatic nitrogens is 1. The summed E-state index contributed by atoms with van der Waals surface area (Å²) < 4.78 is 9.23. The maximum Gasteiger partial charge on any atom is 0.407 e. The van der Waals surface area contributed by atoms with E-state index in [0.717, 1.165) is 0 Å². The fourth-order valence-electron chi connectivity index (χ4n) is 1.03. The second-order valence-electron chi connectivity index (χ2n) is 2.92. The molecule has 1 rings (SSSR count). The van der Waals surface area contributed by atoms with Gasteiger partial charge >= 0.3 is 6.09 Å². The van der Waals surface area contributed by atoms with Crippen LogP contribution in [0.4, 0.5) is 4.79 Å². The Kier molecular flexibility index (Phi) is 3.33. The lowest BCUT2D eigenvalue weighted by atomic mass is 10.2. The first kappa shape index (κ1) is 10.4. The van der Waals surface area contributed by atoms with Crippen molar-refractivity contribution >= 4 is 6.09 Å². The SMILES string of the molecule is COC(=O)NC(C)Cc1cc(=O)[nH]o1. The van der Waals surface area contributed by atoms with Crippen LogP contribution in [0.25, 0.3) is 0 Å². The Morgan fingerprint density at radius 1 is 1.79 bits per heavy atom. The van der Waals surface area contributed by atoms with E-state index in [1.165, 1.54) is 13.2 Å². The number of carbonyl (C=O) groups is 1. The molecule has 0 radical (unpaired) electrons. The Balaban J connectivity index is 2.45. The van der Waals surface area contributed by atoms with Crippen LogP contribution >= 0.6 is 0 Å². The van der Waals surface area contributed by atoms with Crippen LogP contribution in [0.1, 0.15) is 12.7 Å². The molecule has 0 saturated carbocycles. The number of alkyl carbamates (subject to hydrolysis) is 1. The van der Waals surface area contributed by atoms with Crippen molar-refractivity contribution in [3.8, 4) is 0 Å². The second kappa shape index (κ2) is 4.50. The molecule has 1 amide bonds. The lowest BCUT2D eigenvalue weighted by molar-refractivity contribution is 0.167. The van der Waals surface area contributed by atoms with E-state index in [1.807, 2.05) is 0 Å². The van der Waals surface area contributed by atoms with E-state index in [4.69, 9.17) is 4.52 Å².